The summed E-state index contributed by atoms with van der Waals surface area (Å²) >= 11 is 1.66. The minimum Gasteiger partial charge on any atom is -0.361 e. The van der Waals surface area contributed by atoms with Gasteiger partial charge in [-0.25, -0.2) is 9.97 Å². The quantitative estimate of drug-likeness (QED) is 0.316. The SMILES string of the molecule is CNCCNCc1cscc1-c1nc(Nc2ccccc2)c(C)c(-c2c(C)noc2C)n1. The van der Waals surface area contributed by atoms with Crippen molar-refractivity contribution in [2.24, 2.45) is 0 Å². The Balaban J connectivity index is 1.79. The summed E-state index contributed by atoms with van der Waals surface area (Å²) < 4.78 is 5.45. The number of hydrogen-bond donors (Lipinski definition) is 3. The predicted molar refractivity (Wildman–Crippen MR) is 130 cm³/mol. The van der Waals surface area contributed by atoms with Gasteiger partial charge in [0.15, 0.2) is 5.82 Å². The Bertz CT molecular complexity index is 1170. The summed E-state index contributed by atoms with van der Waals surface area (Å²) in [6.07, 6.45) is 0. The van der Waals surface area contributed by atoms with Crippen LogP contribution in [-0.2, 0) is 6.54 Å². The highest BCUT2D eigenvalue weighted by Crippen LogP contribution is 2.35. The van der Waals surface area contributed by atoms with Crippen LogP contribution in [0.15, 0.2) is 45.6 Å². The summed E-state index contributed by atoms with van der Waals surface area (Å²) in [6, 6.07) is 10.1. The third kappa shape index (κ3) is 4.72. The number of nitrogens with one attached hydrogen (secondary N) is 3. The maximum Gasteiger partial charge on any atom is 0.163 e. The van der Waals surface area contributed by atoms with E-state index in [0.717, 1.165) is 65.0 Å². The van der Waals surface area contributed by atoms with E-state index >= 15 is 0 Å². The summed E-state index contributed by atoms with van der Waals surface area (Å²) in [5.74, 6) is 2.22. The van der Waals surface area contributed by atoms with Crippen LogP contribution in [0.5, 0.6) is 0 Å². The molecular formula is C24H28N6OS. The largest absolute Gasteiger partial charge is 0.361 e. The summed E-state index contributed by atoms with van der Waals surface area (Å²) in [4.78, 5) is 9.94. The van der Waals surface area contributed by atoms with Crippen molar-refractivity contribution in [2.75, 3.05) is 25.5 Å². The van der Waals surface area contributed by atoms with Crippen molar-refractivity contribution in [3.63, 3.8) is 0 Å². The number of likely N-dealkylation sites (N-methyl/N-ethyl adjacent to an activating group) is 1. The van der Waals surface area contributed by atoms with Crippen molar-refractivity contribution >= 4 is 22.8 Å². The molecule has 0 fully saturated rings. The van der Waals surface area contributed by atoms with Gasteiger partial charge in [-0.2, -0.15) is 11.3 Å². The van der Waals surface area contributed by atoms with Gasteiger partial charge in [-0.3, -0.25) is 0 Å². The number of anilines is 2. The molecule has 0 amide bonds. The van der Waals surface area contributed by atoms with Gasteiger partial charge in [0.2, 0.25) is 0 Å². The van der Waals surface area contributed by atoms with Crippen molar-refractivity contribution in [2.45, 2.75) is 27.3 Å². The Labute approximate surface area is 192 Å². The van der Waals surface area contributed by atoms with E-state index in [1.165, 1.54) is 5.56 Å². The predicted octanol–water partition coefficient (Wildman–Crippen LogP) is 4.84. The molecule has 0 saturated carbocycles. The molecule has 3 N–H and O–H groups in total. The molecule has 32 heavy (non-hydrogen) atoms. The number of benzene rings is 1. The first-order chi connectivity index (χ1) is 15.6. The average Bonchev–Trinajstić information content (AvgIpc) is 3.40. The van der Waals surface area contributed by atoms with Crippen molar-refractivity contribution < 1.29 is 4.52 Å². The van der Waals surface area contributed by atoms with Gasteiger partial charge in [0.05, 0.1) is 17.0 Å². The lowest BCUT2D eigenvalue weighted by Gasteiger charge is -2.15. The lowest BCUT2D eigenvalue weighted by Crippen LogP contribution is -2.24. The second kappa shape index (κ2) is 10.0. The Hall–Kier alpha value is -3.07. The van der Waals surface area contributed by atoms with Crippen LogP contribution in [0.2, 0.25) is 0 Å². The minimum atomic E-state index is 0.690. The highest BCUT2D eigenvalue weighted by atomic mass is 32.1. The zero-order valence-electron chi connectivity index (χ0n) is 18.8. The fourth-order valence-corrected chi connectivity index (χ4v) is 4.41. The number of aromatic nitrogens is 3. The molecule has 0 radical (unpaired) electrons. The molecule has 0 aliphatic rings. The maximum absolute atomic E-state index is 5.45. The molecule has 0 aliphatic heterocycles. The van der Waals surface area contributed by atoms with E-state index in [0.29, 0.717) is 5.82 Å². The first-order valence-corrected chi connectivity index (χ1v) is 11.6. The number of para-hydroxylation sites is 1. The van der Waals surface area contributed by atoms with Gasteiger partial charge in [-0.05, 0) is 50.9 Å². The van der Waals surface area contributed by atoms with E-state index in [9.17, 15) is 0 Å². The summed E-state index contributed by atoms with van der Waals surface area (Å²) in [5.41, 5.74) is 6.73. The van der Waals surface area contributed by atoms with Crippen LogP contribution in [0, 0.1) is 20.8 Å². The summed E-state index contributed by atoms with van der Waals surface area (Å²) in [7, 11) is 1.95. The molecule has 1 aromatic carbocycles. The van der Waals surface area contributed by atoms with E-state index in [-0.39, 0.29) is 0 Å². The third-order valence-corrected chi connectivity index (χ3v) is 6.10. The maximum atomic E-state index is 5.45. The Morgan fingerprint density at radius 1 is 1.00 bits per heavy atom. The van der Waals surface area contributed by atoms with Crippen molar-refractivity contribution in [3.05, 3.63) is 63.7 Å². The van der Waals surface area contributed by atoms with E-state index in [1.54, 1.807) is 11.3 Å². The minimum absolute atomic E-state index is 0.690. The zero-order valence-corrected chi connectivity index (χ0v) is 19.6. The van der Waals surface area contributed by atoms with E-state index in [4.69, 9.17) is 14.5 Å². The summed E-state index contributed by atoms with van der Waals surface area (Å²) in [6.45, 7) is 8.47. The number of thiophene rings is 1. The molecule has 0 atom stereocenters. The van der Waals surface area contributed by atoms with Crippen LogP contribution in [0.1, 0.15) is 22.6 Å². The van der Waals surface area contributed by atoms with Crippen LogP contribution < -0.4 is 16.0 Å². The Kier molecular flexibility index (Phi) is 6.94. The first kappa shape index (κ1) is 22.1. The first-order valence-electron chi connectivity index (χ1n) is 10.6. The van der Waals surface area contributed by atoms with Crippen molar-refractivity contribution in [1.82, 2.24) is 25.8 Å². The van der Waals surface area contributed by atoms with E-state index < -0.39 is 0 Å². The van der Waals surface area contributed by atoms with Gasteiger partial charge < -0.3 is 20.5 Å². The van der Waals surface area contributed by atoms with Gasteiger partial charge >= 0.3 is 0 Å². The molecule has 0 aliphatic carbocycles. The number of rotatable bonds is 9. The third-order valence-electron chi connectivity index (χ3n) is 5.30. The van der Waals surface area contributed by atoms with Gasteiger partial charge in [0.1, 0.15) is 11.6 Å². The molecular weight excluding hydrogens is 420 g/mol. The van der Waals surface area contributed by atoms with Gasteiger partial charge in [-0.1, -0.05) is 23.4 Å². The monoisotopic (exact) mass is 448 g/mol. The van der Waals surface area contributed by atoms with E-state index in [2.05, 4.69) is 31.9 Å². The second-order valence-electron chi connectivity index (χ2n) is 7.65. The highest BCUT2D eigenvalue weighted by molar-refractivity contribution is 7.08. The van der Waals surface area contributed by atoms with Crippen molar-refractivity contribution in [3.8, 4) is 22.6 Å². The smallest absolute Gasteiger partial charge is 0.163 e. The van der Waals surface area contributed by atoms with Crippen LogP contribution in [0.4, 0.5) is 11.5 Å². The molecule has 0 spiro atoms. The molecule has 4 aromatic rings. The molecule has 0 bridgehead atoms. The van der Waals surface area contributed by atoms with E-state index in [1.807, 2.05) is 58.2 Å². The molecule has 7 nitrogen and oxygen atoms in total. The molecule has 8 heteroatoms. The lowest BCUT2D eigenvalue weighted by molar-refractivity contribution is 0.393. The van der Waals surface area contributed by atoms with Crippen LogP contribution in [0.25, 0.3) is 22.6 Å². The lowest BCUT2D eigenvalue weighted by atomic mass is 10.0. The molecule has 3 heterocycles. The van der Waals surface area contributed by atoms with Crippen LogP contribution >= 0.6 is 11.3 Å². The van der Waals surface area contributed by atoms with Crippen molar-refractivity contribution in [1.29, 1.82) is 0 Å². The fourth-order valence-electron chi connectivity index (χ4n) is 3.57. The molecule has 4 rings (SSSR count). The van der Waals surface area contributed by atoms with Gasteiger partial charge in [0.25, 0.3) is 0 Å². The number of aryl methyl sites for hydroxylation is 2. The Morgan fingerprint density at radius 2 is 1.81 bits per heavy atom. The topological polar surface area (TPSA) is 87.9 Å². The Morgan fingerprint density at radius 3 is 2.53 bits per heavy atom. The van der Waals surface area contributed by atoms with Crippen LogP contribution in [0.3, 0.4) is 0 Å². The second-order valence-corrected chi connectivity index (χ2v) is 8.39. The normalized spacial score (nSPS) is 11.1. The standard InChI is InChI=1S/C24H28N6OS/c1-15-22(21-16(2)30-31-17(21)3)28-24(29-23(15)27-19-8-6-5-7-9-19)20-14-32-13-18(20)12-26-11-10-25-4/h5-9,13-14,25-26H,10-12H2,1-4H3,(H,27,28,29). The van der Waals surface area contributed by atoms with Crippen LogP contribution in [-0.4, -0.2) is 35.3 Å². The summed E-state index contributed by atoms with van der Waals surface area (Å²) in [5, 5.41) is 18.5. The number of hydrogen-bond acceptors (Lipinski definition) is 8. The van der Waals surface area contributed by atoms with Gasteiger partial charge in [0, 0.05) is 41.8 Å². The molecule has 166 valence electrons. The zero-order chi connectivity index (χ0) is 22.5. The fraction of sp³-hybridized carbons (Fsp3) is 0.292. The molecule has 0 unspecified atom stereocenters. The molecule has 3 aromatic heterocycles. The number of nitrogens with zero attached hydrogens (tertiary/aromatic N) is 3. The highest BCUT2D eigenvalue weighted by Gasteiger charge is 2.21. The molecule has 0 saturated heterocycles. The van der Waals surface area contributed by atoms with Gasteiger partial charge in [-0.15, -0.1) is 0 Å². The average molecular weight is 449 g/mol.